The quantitative estimate of drug-likeness (QED) is 0.545. The monoisotopic (exact) mass is 411 g/mol. The highest BCUT2D eigenvalue weighted by molar-refractivity contribution is 7.99. The third kappa shape index (κ3) is 7.48. The van der Waals surface area contributed by atoms with E-state index < -0.39 is 0 Å². The Morgan fingerprint density at radius 1 is 1.33 bits per heavy atom. The predicted octanol–water partition coefficient (Wildman–Crippen LogP) is 2.08. The maximum Gasteiger partial charge on any atom is 0.239 e. The number of aromatic amines is 1. The van der Waals surface area contributed by atoms with Gasteiger partial charge in [-0.15, -0.1) is 5.10 Å². The molecule has 1 aromatic carbocycles. The number of nitrogens with zero attached hydrogens (tertiary/aromatic N) is 2. The molecule has 10 heteroatoms. The van der Waals surface area contributed by atoms with Crippen LogP contribution in [0.25, 0.3) is 0 Å². The van der Waals surface area contributed by atoms with Crippen molar-refractivity contribution in [3.05, 3.63) is 34.6 Å². The summed E-state index contributed by atoms with van der Waals surface area (Å²) < 4.78 is 5.64. The molecular formula is C17H22ClN5O3S. The third-order valence-corrected chi connectivity index (χ3v) is 4.52. The Balaban J connectivity index is 1.73. The fourth-order valence-electron chi connectivity index (χ4n) is 2.00. The van der Waals surface area contributed by atoms with Crippen LogP contribution in [0.4, 0.5) is 0 Å². The van der Waals surface area contributed by atoms with Crippen LogP contribution in [0.1, 0.15) is 25.2 Å². The molecule has 0 radical (unpaired) electrons. The van der Waals surface area contributed by atoms with E-state index in [1.807, 2.05) is 26.8 Å². The fraction of sp³-hybridized carbons (Fsp3) is 0.412. The van der Waals surface area contributed by atoms with E-state index in [0.29, 0.717) is 21.8 Å². The van der Waals surface area contributed by atoms with Gasteiger partial charge < -0.3 is 15.4 Å². The lowest BCUT2D eigenvalue weighted by molar-refractivity contribution is -0.125. The van der Waals surface area contributed by atoms with Crippen LogP contribution >= 0.6 is 23.4 Å². The lowest BCUT2D eigenvalue weighted by Crippen LogP contribution is -2.40. The van der Waals surface area contributed by atoms with Crippen LogP contribution in [0, 0.1) is 6.92 Å². The Labute approximate surface area is 166 Å². The van der Waals surface area contributed by atoms with E-state index in [0.717, 1.165) is 5.56 Å². The number of carbonyl (C=O) groups is 2. The van der Waals surface area contributed by atoms with Gasteiger partial charge in [-0.1, -0.05) is 23.4 Å². The third-order valence-electron chi connectivity index (χ3n) is 3.24. The minimum absolute atomic E-state index is 0.0365. The minimum atomic E-state index is -0.266. The smallest absolute Gasteiger partial charge is 0.239 e. The van der Waals surface area contributed by atoms with Crippen molar-refractivity contribution in [3.63, 3.8) is 0 Å². The van der Waals surface area contributed by atoms with E-state index in [1.54, 1.807) is 12.1 Å². The Kier molecular flexibility index (Phi) is 7.93. The normalized spacial score (nSPS) is 10.7. The van der Waals surface area contributed by atoms with Gasteiger partial charge in [-0.25, -0.2) is 4.98 Å². The summed E-state index contributed by atoms with van der Waals surface area (Å²) in [6, 6.07) is 5.43. The second-order valence-electron chi connectivity index (χ2n) is 6.05. The first kappa shape index (κ1) is 21.0. The van der Waals surface area contributed by atoms with E-state index in [2.05, 4.69) is 25.8 Å². The summed E-state index contributed by atoms with van der Waals surface area (Å²) in [5, 5.41) is 13.2. The topological polar surface area (TPSA) is 109 Å². The molecule has 27 heavy (non-hydrogen) atoms. The van der Waals surface area contributed by atoms with Gasteiger partial charge in [0.2, 0.25) is 17.0 Å². The maximum atomic E-state index is 11.8. The minimum Gasteiger partial charge on any atom is -0.486 e. The van der Waals surface area contributed by atoms with Crippen molar-refractivity contribution in [1.82, 2.24) is 25.8 Å². The molecule has 0 aliphatic rings. The van der Waals surface area contributed by atoms with E-state index >= 15 is 0 Å². The molecule has 0 fully saturated rings. The molecule has 0 unspecified atom stereocenters. The molecule has 1 aromatic heterocycles. The number of rotatable bonds is 9. The Bertz CT molecular complexity index is 797. The second kappa shape index (κ2) is 10.2. The largest absolute Gasteiger partial charge is 0.486 e. The summed E-state index contributed by atoms with van der Waals surface area (Å²) in [5.74, 6) is 0.850. The number of ether oxygens (including phenoxy) is 1. The average molecular weight is 412 g/mol. The summed E-state index contributed by atoms with van der Waals surface area (Å²) >= 11 is 7.15. The molecular weight excluding hydrogens is 390 g/mol. The SMILES string of the molecule is Cc1cc(OCc2nc(SCC(=O)NCC(=O)NC(C)C)n[nH]2)ccc1Cl. The van der Waals surface area contributed by atoms with Gasteiger partial charge in [0, 0.05) is 11.1 Å². The zero-order valence-corrected chi connectivity index (χ0v) is 16.9. The van der Waals surface area contributed by atoms with Crippen molar-refractivity contribution >= 4 is 35.2 Å². The molecule has 3 N–H and O–H groups in total. The van der Waals surface area contributed by atoms with E-state index in [1.165, 1.54) is 11.8 Å². The predicted molar refractivity (Wildman–Crippen MR) is 104 cm³/mol. The van der Waals surface area contributed by atoms with Crippen molar-refractivity contribution in [2.24, 2.45) is 0 Å². The number of aromatic nitrogens is 3. The van der Waals surface area contributed by atoms with Crippen LogP contribution in [0.5, 0.6) is 5.75 Å². The fourth-order valence-corrected chi connectivity index (χ4v) is 2.76. The maximum absolute atomic E-state index is 11.8. The standard InChI is InChI=1S/C17H22ClN5O3S/c1-10(2)20-15(24)7-19-16(25)9-27-17-21-14(22-23-17)8-26-12-4-5-13(18)11(3)6-12/h4-6,10H,7-9H2,1-3H3,(H,19,25)(H,20,24)(H,21,22,23). The van der Waals surface area contributed by atoms with Gasteiger partial charge in [-0.3, -0.25) is 14.7 Å². The van der Waals surface area contributed by atoms with Crippen LogP contribution in [0.3, 0.4) is 0 Å². The molecule has 146 valence electrons. The van der Waals surface area contributed by atoms with Gasteiger partial charge in [0.25, 0.3) is 0 Å². The summed E-state index contributed by atoms with van der Waals surface area (Å²) in [7, 11) is 0. The number of benzene rings is 1. The molecule has 0 aliphatic heterocycles. The highest BCUT2D eigenvalue weighted by Crippen LogP contribution is 2.21. The molecule has 0 aliphatic carbocycles. The number of halogens is 1. The highest BCUT2D eigenvalue weighted by Gasteiger charge is 2.10. The van der Waals surface area contributed by atoms with Crippen molar-refractivity contribution in [2.45, 2.75) is 38.6 Å². The zero-order chi connectivity index (χ0) is 19.8. The molecule has 0 spiro atoms. The lowest BCUT2D eigenvalue weighted by Gasteiger charge is -2.08. The van der Waals surface area contributed by atoms with Crippen LogP contribution < -0.4 is 15.4 Å². The first-order valence-electron chi connectivity index (χ1n) is 8.32. The Morgan fingerprint density at radius 2 is 2.11 bits per heavy atom. The summed E-state index contributed by atoms with van der Waals surface area (Å²) in [5.41, 5.74) is 0.927. The van der Waals surface area contributed by atoms with Gasteiger partial charge in [0.15, 0.2) is 5.82 Å². The molecule has 1 heterocycles. The number of carbonyl (C=O) groups excluding carboxylic acids is 2. The van der Waals surface area contributed by atoms with Crippen molar-refractivity contribution < 1.29 is 14.3 Å². The van der Waals surface area contributed by atoms with Crippen LogP contribution in [-0.4, -0.2) is 45.3 Å². The molecule has 0 saturated heterocycles. The number of aryl methyl sites for hydroxylation is 1. The number of hydrogen-bond acceptors (Lipinski definition) is 6. The molecule has 0 saturated carbocycles. The molecule has 2 amide bonds. The summed E-state index contributed by atoms with van der Waals surface area (Å²) in [4.78, 5) is 27.5. The molecule has 0 atom stereocenters. The molecule has 8 nitrogen and oxygen atoms in total. The van der Waals surface area contributed by atoms with Gasteiger partial charge in [0.05, 0.1) is 12.3 Å². The van der Waals surface area contributed by atoms with E-state index in [-0.39, 0.29) is 36.8 Å². The van der Waals surface area contributed by atoms with Gasteiger partial charge in [-0.2, -0.15) is 0 Å². The van der Waals surface area contributed by atoms with Gasteiger partial charge in [0.1, 0.15) is 12.4 Å². The summed E-state index contributed by atoms with van der Waals surface area (Å²) in [6.45, 7) is 5.78. The molecule has 0 bridgehead atoms. The highest BCUT2D eigenvalue weighted by atomic mass is 35.5. The van der Waals surface area contributed by atoms with Crippen LogP contribution in [-0.2, 0) is 16.2 Å². The Morgan fingerprint density at radius 3 is 2.81 bits per heavy atom. The van der Waals surface area contributed by atoms with Gasteiger partial charge >= 0.3 is 0 Å². The second-order valence-corrected chi connectivity index (χ2v) is 7.40. The van der Waals surface area contributed by atoms with Gasteiger partial charge in [-0.05, 0) is 44.5 Å². The van der Waals surface area contributed by atoms with E-state index in [4.69, 9.17) is 16.3 Å². The summed E-state index contributed by atoms with van der Waals surface area (Å²) in [6.07, 6.45) is 0. The van der Waals surface area contributed by atoms with E-state index in [9.17, 15) is 9.59 Å². The number of H-pyrrole nitrogens is 1. The van der Waals surface area contributed by atoms with Crippen molar-refractivity contribution in [1.29, 1.82) is 0 Å². The van der Waals surface area contributed by atoms with Crippen LogP contribution in [0.2, 0.25) is 5.02 Å². The first-order chi connectivity index (χ1) is 12.8. The number of amides is 2. The first-order valence-corrected chi connectivity index (χ1v) is 9.69. The number of thioether (sulfide) groups is 1. The zero-order valence-electron chi connectivity index (χ0n) is 15.3. The van der Waals surface area contributed by atoms with Crippen LogP contribution in [0.15, 0.2) is 23.4 Å². The molecule has 2 aromatic rings. The average Bonchev–Trinajstić information content (AvgIpc) is 3.06. The number of nitrogens with one attached hydrogen (secondary N) is 3. The lowest BCUT2D eigenvalue weighted by atomic mass is 10.2. The Hall–Kier alpha value is -2.26. The van der Waals surface area contributed by atoms with Crippen molar-refractivity contribution in [2.75, 3.05) is 12.3 Å². The molecule has 2 rings (SSSR count). The van der Waals surface area contributed by atoms with Crippen molar-refractivity contribution in [3.8, 4) is 5.75 Å². The number of hydrogen-bond donors (Lipinski definition) is 3.